The maximum absolute atomic E-state index is 12.0. The van der Waals surface area contributed by atoms with Crippen molar-refractivity contribution in [3.63, 3.8) is 0 Å². The Kier molecular flexibility index (Phi) is 6.77. The minimum Gasteiger partial charge on any atom is -0.491 e. The number of nitrogens with one attached hydrogen (secondary N) is 1. The molecule has 2 aromatic rings. The molecule has 0 unspecified atom stereocenters. The lowest BCUT2D eigenvalue weighted by Gasteiger charge is -2.12. The lowest BCUT2D eigenvalue weighted by atomic mass is 10.2. The quantitative estimate of drug-likeness (QED) is 0.679. The average Bonchev–Trinajstić information content (AvgIpc) is 3.14. The number of benzene rings is 2. The number of hydrogen-bond donors (Lipinski definition) is 1. The minimum absolute atomic E-state index is 0.126. The van der Waals surface area contributed by atoms with E-state index in [0.29, 0.717) is 23.1 Å². The molecule has 7 heteroatoms. The number of rotatable bonds is 7. The molecule has 0 bridgehead atoms. The molecule has 0 aromatic heterocycles. The highest BCUT2D eigenvalue weighted by molar-refractivity contribution is 9.10. The van der Waals surface area contributed by atoms with Crippen LogP contribution in [0, 0.1) is 0 Å². The van der Waals surface area contributed by atoms with Crippen molar-refractivity contribution in [1.29, 1.82) is 0 Å². The van der Waals surface area contributed by atoms with Crippen LogP contribution < -0.4 is 14.8 Å². The van der Waals surface area contributed by atoms with E-state index >= 15 is 0 Å². The van der Waals surface area contributed by atoms with Gasteiger partial charge in [0.1, 0.15) is 18.1 Å². The van der Waals surface area contributed by atoms with Gasteiger partial charge in [-0.15, -0.1) is 0 Å². The third-order valence-electron chi connectivity index (χ3n) is 3.85. The van der Waals surface area contributed by atoms with Gasteiger partial charge in [0, 0.05) is 16.8 Å². The molecule has 1 aliphatic heterocycles. The van der Waals surface area contributed by atoms with Gasteiger partial charge in [-0.2, -0.15) is 0 Å². The van der Waals surface area contributed by atoms with Gasteiger partial charge in [-0.25, -0.2) is 0 Å². The van der Waals surface area contributed by atoms with Gasteiger partial charge in [-0.3, -0.25) is 4.79 Å². The fraction of sp³-hybridized carbons (Fsp3) is 0.316. The Bertz CT molecular complexity index is 748. The highest BCUT2D eigenvalue weighted by Crippen LogP contribution is 2.27. The van der Waals surface area contributed by atoms with Crippen molar-refractivity contribution in [2.45, 2.75) is 18.9 Å². The Morgan fingerprint density at radius 3 is 2.73 bits per heavy atom. The predicted molar refractivity (Wildman–Crippen MR) is 104 cm³/mol. The van der Waals surface area contributed by atoms with Crippen LogP contribution in [0.15, 0.2) is 46.9 Å². The van der Waals surface area contributed by atoms with Gasteiger partial charge in [-0.05, 0) is 55.3 Å². The van der Waals surface area contributed by atoms with Gasteiger partial charge >= 0.3 is 0 Å². The minimum atomic E-state index is -0.267. The highest BCUT2D eigenvalue weighted by atomic mass is 79.9. The molecule has 1 aliphatic rings. The Balaban J connectivity index is 1.44. The molecule has 0 saturated carbocycles. The molecular weight excluding hydrogens is 422 g/mol. The topological polar surface area (TPSA) is 56.8 Å². The zero-order chi connectivity index (χ0) is 18.4. The SMILES string of the molecule is O=C(COc1ccc(Br)cc1Cl)Nc1ccc(OC[C@@H]2CCCO2)cc1. The lowest BCUT2D eigenvalue weighted by molar-refractivity contribution is -0.118. The number of ether oxygens (including phenoxy) is 3. The van der Waals surface area contributed by atoms with Crippen LogP contribution in [0.1, 0.15) is 12.8 Å². The Morgan fingerprint density at radius 2 is 2.04 bits per heavy atom. The van der Waals surface area contributed by atoms with E-state index in [1.165, 1.54) is 0 Å². The van der Waals surface area contributed by atoms with Crippen LogP contribution in [0.25, 0.3) is 0 Å². The number of halogens is 2. The number of carbonyl (C=O) groups is 1. The first-order chi connectivity index (χ1) is 12.6. The summed E-state index contributed by atoms with van der Waals surface area (Å²) in [5.74, 6) is 0.941. The molecule has 1 heterocycles. The molecule has 1 amide bonds. The first-order valence-electron chi connectivity index (χ1n) is 8.32. The van der Waals surface area contributed by atoms with Crippen LogP contribution in [0.5, 0.6) is 11.5 Å². The van der Waals surface area contributed by atoms with Gasteiger partial charge in [0.25, 0.3) is 5.91 Å². The number of anilines is 1. The Hall–Kier alpha value is -1.76. The van der Waals surface area contributed by atoms with Crippen molar-refractivity contribution in [2.75, 3.05) is 25.1 Å². The molecule has 2 aromatic carbocycles. The smallest absolute Gasteiger partial charge is 0.262 e. The van der Waals surface area contributed by atoms with Crippen molar-refractivity contribution >= 4 is 39.1 Å². The molecular formula is C19H19BrClNO4. The number of hydrogen-bond acceptors (Lipinski definition) is 4. The van der Waals surface area contributed by atoms with E-state index in [9.17, 15) is 4.79 Å². The monoisotopic (exact) mass is 439 g/mol. The number of amides is 1. The van der Waals surface area contributed by atoms with Crippen LogP contribution in [-0.4, -0.2) is 31.8 Å². The summed E-state index contributed by atoms with van der Waals surface area (Å²) in [5, 5.41) is 3.22. The van der Waals surface area contributed by atoms with E-state index in [-0.39, 0.29) is 18.6 Å². The van der Waals surface area contributed by atoms with Crippen molar-refractivity contribution in [3.8, 4) is 11.5 Å². The standard InChI is InChI=1S/C19H19BrClNO4/c20-13-3-8-18(17(21)10-13)26-12-19(23)22-14-4-6-15(7-5-14)25-11-16-2-1-9-24-16/h3-8,10,16H,1-2,9,11-12H2,(H,22,23)/t16-/m0/s1. The molecule has 26 heavy (non-hydrogen) atoms. The van der Waals surface area contributed by atoms with Crippen molar-refractivity contribution in [3.05, 3.63) is 52.0 Å². The maximum atomic E-state index is 12.0. The summed E-state index contributed by atoms with van der Waals surface area (Å²) in [5.41, 5.74) is 0.671. The summed E-state index contributed by atoms with van der Waals surface area (Å²) in [6.45, 7) is 1.23. The zero-order valence-corrected chi connectivity index (χ0v) is 16.4. The molecule has 1 atom stereocenters. The van der Waals surface area contributed by atoms with Crippen LogP contribution in [-0.2, 0) is 9.53 Å². The van der Waals surface area contributed by atoms with Gasteiger partial charge in [0.05, 0.1) is 11.1 Å². The second-order valence-corrected chi connectivity index (χ2v) is 7.20. The second-order valence-electron chi connectivity index (χ2n) is 5.88. The summed E-state index contributed by atoms with van der Waals surface area (Å²) in [6, 6.07) is 12.4. The summed E-state index contributed by atoms with van der Waals surface area (Å²) < 4.78 is 17.5. The third kappa shape index (κ3) is 5.62. The molecule has 138 valence electrons. The van der Waals surface area contributed by atoms with E-state index in [4.69, 9.17) is 25.8 Å². The Labute approximate surface area is 165 Å². The largest absolute Gasteiger partial charge is 0.491 e. The lowest BCUT2D eigenvalue weighted by Crippen LogP contribution is -2.20. The van der Waals surface area contributed by atoms with Crippen LogP contribution in [0.2, 0.25) is 5.02 Å². The van der Waals surface area contributed by atoms with E-state index in [2.05, 4.69) is 21.2 Å². The summed E-state index contributed by atoms with van der Waals surface area (Å²) in [6.07, 6.45) is 2.31. The normalized spacial score (nSPS) is 16.3. The maximum Gasteiger partial charge on any atom is 0.262 e. The molecule has 0 spiro atoms. The molecule has 5 nitrogen and oxygen atoms in total. The molecule has 0 radical (unpaired) electrons. The summed E-state index contributed by atoms with van der Waals surface area (Å²) in [4.78, 5) is 12.0. The molecule has 3 rings (SSSR count). The number of carbonyl (C=O) groups excluding carboxylic acids is 1. The van der Waals surface area contributed by atoms with Gasteiger partial charge in [0.2, 0.25) is 0 Å². The van der Waals surface area contributed by atoms with E-state index in [1.54, 1.807) is 30.3 Å². The van der Waals surface area contributed by atoms with Crippen molar-refractivity contribution in [2.24, 2.45) is 0 Å². The molecule has 1 saturated heterocycles. The van der Waals surface area contributed by atoms with Crippen molar-refractivity contribution < 1.29 is 19.0 Å². The van der Waals surface area contributed by atoms with Gasteiger partial charge in [0.15, 0.2) is 6.61 Å². The van der Waals surface area contributed by atoms with E-state index in [1.807, 2.05) is 12.1 Å². The first-order valence-corrected chi connectivity index (χ1v) is 9.49. The average molecular weight is 441 g/mol. The Morgan fingerprint density at radius 1 is 1.23 bits per heavy atom. The van der Waals surface area contributed by atoms with E-state index < -0.39 is 0 Å². The molecule has 0 aliphatic carbocycles. The first kappa shape index (κ1) is 19.0. The second kappa shape index (κ2) is 9.26. The predicted octanol–water partition coefficient (Wildman–Crippen LogP) is 4.68. The van der Waals surface area contributed by atoms with E-state index in [0.717, 1.165) is 29.7 Å². The van der Waals surface area contributed by atoms with Crippen LogP contribution in [0.3, 0.4) is 0 Å². The van der Waals surface area contributed by atoms with Crippen LogP contribution in [0.4, 0.5) is 5.69 Å². The third-order valence-corrected chi connectivity index (χ3v) is 4.64. The van der Waals surface area contributed by atoms with Crippen molar-refractivity contribution in [1.82, 2.24) is 0 Å². The van der Waals surface area contributed by atoms with Crippen LogP contribution >= 0.6 is 27.5 Å². The summed E-state index contributed by atoms with van der Waals surface area (Å²) >= 11 is 9.38. The zero-order valence-electron chi connectivity index (χ0n) is 14.0. The fourth-order valence-corrected chi connectivity index (χ4v) is 3.26. The fourth-order valence-electron chi connectivity index (χ4n) is 2.53. The van der Waals surface area contributed by atoms with Gasteiger partial charge in [-0.1, -0.05) is 27.5 Å². The van der Waals surface area contributed by atoms with Gasteiger partial charge < -0.3 is 19.5 Å². The highest BCUT2D eigenvalue weighted by Gasteiger charge is 2.16. The molecule has 1 N–H and O–H groups in total. The molecule has 1 fully saturated rings. The summed E-state index contributed by atoms with van der Waals surface area (Å²) in [7, 11) is 0.